The number of benzene rings is 1. The van der Waals surface area contributed by atoms with E-state index in [2.05, 4.69) is 4.74 Å². The molecule has 0 spiro atoms. The number of methoxy groups -OCH3 is 1. The van der Waals surface area contributed by atoms with Crippen LogP contribution >= 0.6 is 0 Å². The van der Waals surface area contributed by atoms with E-state index in [1.165, 1.54) is 13.2 Å². The normalized spacial score (nSPS) is 10.8. The van der Waals surface area contributed by atoms with Crippen molar-refractivity contribution in [3.8, 4) is 5.75 Å². The Morgan fingerprint density at radius 3 is 2.62 bits per heavy atom. The van der Waals surface area contributed by atoms with Crippen molar-refractivity contribution in [2.24, 2.45) is 0 Å². The minimum atomic E-state index is -0.376. The maximum absolute atomic E-state index is 11.0. The molecule has 0 unspecified atom stereocenters. The van der Waals surface area contributed by atoms with Gasteiger partial charge in [0.15, 0.2) is 0 Å². The van der Waals surface area contributed by atoms with Gasteiger partial charge in [-0.25, -0.2) is 4.79 Å². The fourth-order valence-electron chi connectivity index (χ4n) is 1.21. The summed E-state index contributed by atoms with van der Waals surface area (Å²) < 4.78 is 10.1. The fraction of sp³-hybridized carbons (Fsp3) is 0.308. The van der Waals surface area contributed by atoms with Crippen LogP contribution in [0.25, 0.3) is 6.08 Å². The van der Waals surface area contributed by atoms with Crippen LogP contribution in [0, 0.1) is 0 Å². The highest BCUT2D eigenvalue weighted by Crippen LogP contribution is 2.20. The lowest BCUT2D eigenvalue weighted by Crippen LogP contribution is -2.06. The van der Waals surface area contributed by atoms with Crippen LogP contribution in [-0.4, -0.2) is 19.2 Å². The van der Waals surface area contributed by atoms with Gasteiger partial charge in [0.25, 0.3) is 0 Å². The van der Waals surface area contributed by atoms with Crippen LogP contribution in [0.2, 0.25) is 0 Å². The molecule has 0 amide bonds. The van der Waals surface area contributed by atoms with Gasteiger partial charge < -0.3 is 9.47 Å². The van der Waals surface area contributed by atoms with Crippen LogP contribution in [0.1, 0.15) is 19.4 Å². The Bertz CT molecular complexity index is 381. The predicted octanol–water partition coefficient (Wildman–Crippen LogP) is 2.66. The molecule has 3 nitrogen and oxygen atoms in total. The monoisotopic (exact) mass is 220 g/mol. The maximum atomic E-state index is 11.0. The van der Waals surface area contributed by atoms with E-state index in [1.807, 2.05) is 38.1 Å². The number of esters is 1. The summed E-state index contributed by atoms with van der Waals surface area (Å²) in [6.07, 6.45) is 3.17. The Balaban J connectivity index is 2.86. The third-order valence-corrected chi connectivity index (χ3v) is 1.88. The molecule has 0 saturated carbocycles. The van der Waals surface area contributed by atoms with Gasteiger partial charge in [-0.1, -0.05) is 18.2 Å². The average Bonchev–Trinajstić information content (AvgIpc) is 2.26. The Hall–Kier alpha value is -1.77. The molecular weight excluding hydrogens is 204 g/mol. The van der Waals surface area contributed by atoms with E-state index in [1.54, 1.807) is 6.08 Å². The molecule has 86 valence electrons. The highest BCUT2D eigenvalue weighted by Gasteiger charge is 2.02. The smallest absolute Gasteiger partial charge is 0.330 e. The Kier molecular flexibility index (Phi) is 4.58. The molecule has 1 aromatic rings. The Morgan fingerprint density at radius 2 is 2.00 bits per heavy atom. The lowest BCUT2D eigenvalue weighted by atomic mass is 10.2. The second kappa shape index (κ2) is 5.95. The number of carbonyl (C=O) groups excluding carboxylic acids is 1. The molecule has 3 heteroatoms. The summed E-state index contributed by atoms with van der Waals surface area (Å²) >= 11 is 0. The van der Waals surface area contributed by atoms with Crippen molar-refractivity contribution in [3.63, 3.8) is 0 Å². The van der Waals surface area contributed by atoms with Crippen molar-refractivity contribution in [2.75, 3.05) is 7.11 Å². The molecule has 0 aliphatic heterocycles. The number of carbonyl (C=O) groups is 1. The van der Waals surface area contributed by atoms with E-state index < -0.39 is 0 Å². The van der Waals surface area contributed by atoms with Crippen molar-refractivity contribution in [3.05, 3.63) is 35.9 Å². The van der Waals surface area contributed by atoms with E-state index in [0.29, 0.717) is 0 Å². The van der Waals surface area contributed by atoms with Crippen molar-refractivity contribution >= 4 is 12.0 Å². The number of para-hydroxylation sites is 1. The predicted molar refractivity (Wildman–Crippen MR) is 63.3 cm³/mol. The molecule has 16 heavy (non-hydrogen) atoms. The molecule has 1 rings (SSSR count). The minimum absolute atomic E-state index is 0.104. The molecule has 0 aliphatic carbocycles. The highest BCUT2D eigenvalue weighted by molar-refractivity contribution is 5.87. The molecular formula is C13H16O3. The van der Waals surface area contributed by atoms with E-state index in [4.69, 9.17) is 4.74 Å². The lowest BCUT2D eigenvalue weighted by Gasteiger charge is -2.11. The van der Waals surface area contributed by atoms with Crippen LogP contribution in [-0.2, 0) is 9.53 Å². The maximum Gasteiger partial charge on any atom is 0.330 e. The molecule has 0 heterocycles. The topological polar surface area (TPSA) is 35.5 Å². The summed E-state index contributed by atoms with van der Waals surface area (Å²) in [4.78, 5) is 11.0. The first-order valence-electron chi connectivity index (χ1n) is 5.15. The first-order valence-corrected chi connectivity index (χ1v) is 5.15. The molecule has 0 bridgehead atoms. The highest BCUT2D eigenvalue weighted by atomic mass is 16.5. The molecule has 0 aliphatic rings. The lowest BCUT2D eigenvalue weighted by molar-refractivity contribution is -0.134. The van der Waals surface area contributed by atoms with Crippen molar-refractivity contribution in [1.29, 1.82) is 0 Å². The molecule has 0 radical (unpaired) electrons. The van der Waals surface area contributed by atoms with E-state index in [9.17, 15) is 4.79 Å². The van der Waals surface area contributed by atoms with Gasteiger partial charge >= 0.3 is 5.97 Å². The summed E-state index contributed by atoms with van der Waals surface area (Å²) in [5.41, 5.74) is 0.863. The Labute approximate surface area is 95.7 Å². The van der Waals surface area contributed by atoms with E-state index in [-0.39, 0.29) is 12.1 Å². The number of hydrogen-bond acceptors (Lipinski definition) is 3. The number of ether oxygens (including phenoxy) is 2. The van der Waals surface area contributed by atoms with Gasteiger partial charge in [-0.2, -0.15) is 0 Å². The summed E-state index contributed by atoms with van der Waals surface area (Å²) in [6, 6.07) is 7.55. The van der Waals surface area contributed by atoms with Gasteiger partial charge in [0.1, 0.15) is 5.75 Å². The van der Waals surface area contributed by atoms with Gasteiger partial charge in [0.2, 0.25) is 0 Å². The van der Waals surface area contributed by atoms with Gasteiger partial charge in [-0.05, 0) is 26.0 Å². The SMILES string of the molecule is COC(=O)C=Cc1ccccc1OC(C)C. The third kappa shape index (κ3) is 3.77. The second-order valence-corrected chi connectivity index (χ2v) is 3.56. The van der Waals surface area contributed by atoms with Crippen LogP contribution in [0.15, 0.2) is 30.3 Å². The van der Waals surface area contributed by atoms with Gasteiger partial charge in [-0.3, -0.25) is 0 Å². The zero-order valence-corrected chi connectivity index (χ0v) is 9.77. The van der Waals surface area contributed by atoms with Gasteiger partial charge in [-0.15, -0.1) is 0 Å². The zero-order valence-electron chi connectivity index (χ0n) is 9.77. The largest absolute Gasteiger partial charge is 0.490 e. The van der Waals surface area contributed by atoms with Crippen LogP contribution in [0.5, 0.6) is 5.75 Å². The average molecular weight is 220 g/mol. The zero-order chi connectivity index (χ0) is 12.0. The molecule has 0 atom stereocenters. The van der Waals surface area contributed by atoms with E-state index >= 15 is 0 Å². The standard InChI is InChI=1S/C13H16O3/c1-10(2)16-12-7-5-4-6-11(12)8-9-13(14)15-3/h4-10H,1-3H3. The third-order valence-electron chi connectivity index (χ3n) is 1.88. The first kappa shape index (κ1) is 12.3. The Morgan fingerprint density at radius 1 is 1.31 bits per heavy atom. The molecule has 1 aromatic carbocycles. The minimum Gasteiger partial charge on any atom is -0.490 e. The second-order valence-electron chi connectivity index (χ2n) is 3.56. The quantitative estimate of drug-likeness (QED) is 0.578. The van der Waals surface area contributed by atoms with Crippen LogP contribution in [0.4, 0.5) is 0 Å². The van der Waals surface area contributed by atoms with Crippen LogP contribution in [0.3, 0.4) is 0 Å². The van der Waals surface area contributed by atoms with Crippen LogP contribution < -0.4 is 4.74 Å². The summed E-state index contributed by atoms with van der Waals surface area (Å²) in [6.45, 7) is 3.92. The number of rotatable bonds is 4. The molecule has 0 saturated heterocycles. The first-order chi connectivity index (χ1) is 7.63. The molecule has 0 fully saturated rings. The summed E-state index contributed by atoms with van der Waals surface area (Å²) in [5.74, 6) is 0.386. The van der Waals surface area contributed by atoms with Crippen molar-refractivity contribution in [2.45, 2.75) is 20.0 Å². The van der Waals surface area contributed by atoms with Crippen molar-refractivity contribution in [1.82, 2.24) is 0 Å². The van der Waals surface area contributed by atoms with E-state index in [0.717, 1.165) is 11.3 Å². The van der Waals surface area contributed by atoms with Gasteiger partial charge in [0.05, 0.1) is 13.2 Å². The molecule has 0 aromatic heterocycles. The molecule has 0 N–H and O–H groups in total. The van der Waals surface area contributed by atoms with Gasteiger partial charge in [0, 0.05) is 11.6 Å². The van der Waals surface area contributed by atoms with Crippen molar-refractivity contribution < 1.29 is 14.3 Å². The summed E-state index contributed by atoms with van der Waals surface area (Å²) in [5, 5.41) is 0. The fourth-order valence-corrected chi connectivity index (χ4v) is 1.21. The number of hydrogen-bond donors (Lipinski definition) is 0. The summed E-state index contributed by atoms with van der Waals surface area (Å²) in [7, 11) is 1.35.